The molecule has 3 nitrogen and oxygen atoms in total. The summed E-state index contributed by atoms with van der Waals surface area (Å²) in [6.07, 6.45) is 2.45. The van der Waals surface area contributed by atoms with Gasteiger partial charge in [0.1, 0.15) is 0 Å². The molecule has 0 bridgehead atoms. The number of fused-ring (bicyclic) bond motifs is 2. The van der Waals surface area contributed by atoms with Crippen molar-refractivity contribution in [3.05, 3.63) is 59.7 Å². The van der Waals surface area contributed by atoms with Gasteiger partial charge in [0, 0.05) is 24.5 Å². The monoisotopic (exact) mass is 294 g/mol. The molecule has 0 saturated carbocycles. The first-order valence-electron chi connectivity index (χ1n) is 8.17. The van der Waals surface area contributed by atoms with Crippen molar-refractivity contribution < 1.29 is 4.74 Å². The first kappa shape index (κ1) is 13.8. The summed E-state index contributed by atoms with van der Waals surface area (Å²) in [5.74, 6) is 0. The number of hydrogen-bond acceptors (Lipinski definition) is 3. The Hall–Kier alpha value is -1.84. The molecule has 0 aliphatic carbocycles. The number of morpholine rings is 1. The highest BCUT2D eigenvalue weighted by Crippen LogP contribution is 2.36. The number of ether oxygens (including phenoxy) is 1. The van der Waals surface area contributed by atoms with E-state index in [-0.39, 0.29) is 6.10 Å². The fraction of sp³-hybridized carbons (Fsp3) is 0.368. The van der Waals surface area contributed by atoms with Crippen LogP contribution >= 0.6 is 0 Å². The Morgan fingerprint density at radius 2 is 1.59 bits per heavy atom. The largest absolute Gasteiger partial charge is 0.374 e. The van der Waals surface area contributed by atoms with Crippen LogP contribution < -0.4 is 10.2 Å². The van der Waals surface area contributed by atoms with Crippen LogP contribution in [0.25, 0.3) is 0 Å². The topological polar surface area (TPSA) is 24.5 Å². The van der Waals surface area contributed by atoms with Gasteiger partial charge in [-0.1, -0.05) is 36.4 Å². The molecule has 2 aliphatic heterocycles. The van der Waals surface area contributed by atoms with Gasteiger partial charge in [0.2, 0.25) is 0 Å². The molecule has 2 aromatic rings. The van der Waals surface area contributed by atoms with Crippen molar-refractivity contribution in [2.45, 2.75) is 18.9 Å². The van der Waals surface area contributed by atoms with Gasteiger partial charge >= 0.3 is 0 Å². The molecule has 2 aliphatic rings. The van der Waals surface area contributed by atoms with Gasteiger partial charge < -0.3 is 15.0 Å². The number of hydrogen-bond donors (Lipinski definition) is 1. The minimum absolute atomic E-state index is 0.243. The summed E-state index contributed by atoms with van der Waals surface area (Å²) in [5.41, 5.74) is 5.54. The van der Waals surface area contributed by atoms with Crippen LogP contribution in [0.5, 0.6) is 0 Å². The zero-order valence-electron chi connectivity index (χ0n) is 12.8. The third kappa shape index (κ3) is 2.62. The Bertz CT molecular complexity index is 602. The zero-order chi connectivity index (χ0) is 14.8. The van der Waals surface area contributed by atoms with Gasteiger partial charge in [0.25, 0.3) is 0 Å². The van der Waals surface area contributed by atoms with Crippen molar-refractivity contribution in [3.8, 4) is 0 Å². The van der Waals surface area contributed by atoms with E-state index < -0.39 is 0 Å². The molecule has 1 saturated heterocycles. The smallest absolute Gasteiger partial charge is 0.0878 e. The van der Waals surface area contributed by atoms with Gasteiger partial charge in [0.15, 0.2) is 0 Å². The minimum atomic E-state index is 0.243. The van der Waals surface area contributed by atoms with E-state index in [9.17, 15) is 0 Å². The molecule has 1 N–H and O–H groups in total. The third-order valence-corrected chi connectivity index (χ3v) is 4.62. The number of rotatable bonds is 2. The average molecular weight is 294 g/mol. The first-order chi connectivity index (χ1) is 10.9. The lowest BCUT2D eigenvalue weighted by Gasteiger charge is -2.33. The maximum absolute atomic E-state index is 5.95. The van der Waals surface area contributed by atoms with E-state index in [2.05, 4.69) is 58.7 Å². The van der Waals surface area contributed by atoms with E-state index in [1.807, 2.05) is 0 Å². The molecule has 3 heteroatoms. The third-order valence-electron chi connectivity index (χ3n) is 4.62. The lowest BCUT2D eigenvalue weighted by molar-refractivity contribution is 0.0346. The maximum atomic E-state index is 5.95. The number of para-hydroxylation sites is 2. The molecule has 4 rings (SSSR count). The van der Waals surface area contributed by atoms with E-state index in [0.717, 1.165) is 39.1 Å². The summed E-state index contributed by atoms with van der Waals surface area (Å²) in [7, 11) is 0. The van der Waals surface area contributed by atoms with Crippen LogP contribution in [0.1, 0.15) is 11.1 Å². The van der Waals surface area contributed by atoms with Crippen LogP contribution in [0.4, 0.5) is 11.4 Å². The van der Waals surface area contributed by atoms with Crippen molar-refractivity contribution in [2.75, 3.05) is 31.1 Å². The molecule has 114 valence electrons. The van der Waals surface area contributed by atoms with E-state index in [1.54, 1.807) is 0 Å². The molecule has 1 fully saturated rings. The van der Waals surface area contributed by atoms with Gasteiger partial charge in [-0.05, 0) is 36.1 Å². The Labute approximate surface area is 131 Å². The highest BCUT2D eigenvalue weighted by atomic mass is 16.5. The number of aryl methyl sites for hydroxylation is 2. The molecular weight excluding hydrogens is 272 g/mol. The molecule has 1 unspecified atom stereocenters. The number of benzene rings is 2. The lowest BCUT2D eigenvalue weighted by atomic mass is 10.0. The summed E-state index contributed by atoms with van der Waals surface area (Å²) in [5, 5.41) is 3.44. The van der Waals surface area contributed by atoms with Crippen LogP contribution in [0.15, 0.2) is 48.5 Å². The second kappa shape index (κ2) is 6.11. The van der Waals surface area contributed by atoms with E-state index in [0.29, 0.717) is 0 Å². The number of nitrogens with zero attached hydrogens (tertiary/aromatic N) is 1. The normalized spacial score (nSPS) is 20.9. The van der Waals surface area contributed by atoms with Gasteiger partial charge in [0.05, 0.1) is 19.3 Å². The van der Waals surface area contributed by atoms with Crippen LogP contribution in [-0.2, 0) is 17.6 Å². The fourth-order valence-corrected chi connectivity index (χ4v) is 3.51. The van der Waals surface area contributed by atoms with E-state index >= 15 is 0 Å². The average Bonchev–Trinajstić information content (AvgIpc) is 2.74. The molecule has 0 spiro atoms. The zero-order valence-corrected chi connectivity index (χ0v) is 12.8. The van der Waals surface area contributed by atoms with Crippen LogP contribution in [-0.4, -0.2) is 32.3 Å². The lowest BCUT2D eigenvalue weighted by Crippen LogP contribution is -2.44. The Morgan fingerprint density at radius 1 is 0.955 bits per heavy atom. The fourth-order valence-electron chi connectivity index (χ4n) is 3.51. The van der Waals surface area contributed by atoms with Crippen molar-refractivity contribution in [2.24, 2.45) is 0 Å². The highest BCUT2D eigenvalue weighted by molar-refractivity contribution is 5.71. The second-order valence-electron chi connectivity index (χ2n) is 6.06. The molecular formula is C19H22N2O. The molecule has 0 aromatic heterocycles. The standard InChI is InChI=1S/C19H22N2O/c1-3-7-18-15(5-1)9-10-16-6-2-4-8-19(16)21(18)14-17-13-20-11-12-22-17/h1-8,17,20H,9-14H2. The number of anilines is 2. The second-order valence-corrected chi connectivity index (χ2v) is 6.06. The van der Waals surface area contributed by atoms with Gasteiger partial charge in [-0.25, -0.2) is 0 Å². The predicted molar refractivity (Wildman–Crippen MR) is 89.9 cm³/mol. The van der Waals surface area contributed by atoms with Gasteiger partial charge in [-0.3, -0.25) is 0 Å². The quantitative estimate of drug-likeness (QED) is 0.921. The SMILES string of the molecule is c1ccc2c(c1)CCc1ccccc1N2CC1CNCCO1. The van der Waals surface area contributed by atoms with Crippen molar-refractivity contribution >= 4 is 11.4 Å². The molecule has 1 atom stereocenters. The molecule has 22 heavy (non-hydrogen) atoms. The van der Waals surface area contributed by atoms with Crippen LogP contribution in [0.3, 0.4) is 0 Å². The van der Waals surface area contributed by atoms with Gasteiger partial charge in [-0.2, -0.15) is 0 Å². The maximum Gasteiger partial charge on any atom is 0.0878 e. The van der Waals surface area contributed by atoms with Crippen LogP contribution in [0, 0.1) is 0 Å². The van der Waals surface area contributed by atoms with E-state index in [1.165, 1.54) is 22.5 Å². The molecule has 2 heterocycles. The molecule has 0 radical (unpaired) electrons. The van der Waals surface area contributed by atoms with Crippen molar-refractivity contribution in [1.82, 2.24) is 5.32 Å². The van der Waals surface area contributed by atoms with Crippen molar-refractivity contribution in [3.63, 3.8) is 0 Å². The summed E-state index contributed by atoms with van der Waals surface area (Å²) < 4.78 is 5.95. The predicted octanol–water partition coefficient (Wildman–Crippen LogP) is 2.91. The van der Waals surface area contributed by atoms with Gasteiger partial charge in [-0.15, -0.1) is 0 Å². The highest BCUT2D eigenvalue weighted by Gasteiger charge is 2.24. The summed E-state index contributed by atoms with van der Waals surface area (Å²) in [6.45, 7) is 3.60. The van der Waals surface area contributed by atoms with E-state index in [4.69, 9.17) is 4.74 Å². The molecule has 2 aromatic carbocycles. The Balaban J connectivity index is 1.73. The molecule has 0 amide bonds. The summed E-state index contributed by atoms with van der Waals surface area (Å²) >= 11 is 0. The first-order valence-corrected chi connectivity index (χ1v) is 8.17. The summed E-state index contributed by atoms with van der Waals surface area (Å²) in [6, 6.07) is 17.6. The Kier molecular flexibility index (Phi) is 3.83. The number of nitrogens with one attached hydrogen (secondary N) is 1. The Morgan fingerprint density at radius 3 is 2.18 bits per heavy atom. The van der Waals surface area contributed by atoms with Crippen molar-refractivity contribution in [1.29, 1.82) is 0 Å². The summed E-state index contributed by atoms with van der Waals surface area (Å²) in [4.78, 5) is 2.45. The van der Waals surface area contributed by atoms with Crippen LogP contribution in [0.2, 0.25) is 0 Å². The minimum Gasteiger partial charge on any atom is -0.374 e.